The van der Waals surface area contributed by atoms with Crippen molar-refractivity contribution in [1.82, 2.24) is 9.88 Å². The monoisotopic (exact) mass is 286 g/mol. The molecular weight excluding hydrogens is 272 g/mol. The van der Waals surface area contributed by atoms with Crippen LogP contribution in [-0.4, -0.2) is 28.7 Å². The highest BCUT2D eigenvalue weighted by Crippen LogP contribution is 2.37. The predicted molar refractivity (Wildman–Crippen MR) is 64.4 cm³/mol. The summed E-state index contributed by atoms with van der Waals surface area (Å²) in [5.74, 6) is -0.0638. The van der Waals surface area contributed by atoms with Crippen molar-refractivity contribution in [2.45, 2.75) is 25.3 Å². The largest absolute Gasteiger partial charge is 0.396 e. The van der Waals surface area contributed by atoms with E-state index >= 15 is 0 Å². The molecule has 88 valence electrons. The van der Waals surface area contributed by atoms with Crippen molar-refractivity contribution in [2.75, 3.05) is 13.2 Å². The van der Waals surface area contributed by atoms with Gasteiger partial charge in [-0.15, -0.1) is 0 Å². The summed E-state index contributed by atoms with van der Waals surface area (Å²) in [5.41, 5.74) is 0.701. The summed E-state index contributed by atoms with van der Waals surface area (Å²) < 4.78 is 2.96. The number of nitrogens with zero attached hydrogens (tertiary/aromatic N) is 1. The van der Waals surface area contributed by atoms with Crippen LogP contribution in [0, 0.1) is 0 Å². The Bertz CT molecular complexity index is 385. The van der Waals surface area contributed by atoms with E-state index in [4.69, 9.17) is 5.11 Å². The lowest BCUT2D eigenvalue weighted by Gasteiger charge is -2.07. The number of hydrogen-bond donors (Lipinski definition) is 2. The number of carbonyl (C=O) groups excluding carboxylic acids is 1. The molecule has 1 amide bonds. The Morgan fingerprint density at radius 1 is 1.62 bits per heavy atom. The van der Waals surface area contributed by atoms with Crippen molar-refractivity contribution >= 4 is 21.8 Å². The first-order valence-corrected chi connectivity index (χ1v) is 6.28. The number of aliphatic hydroxyl groups is 1. The minimum Gasteiger partial charge on any atom is -0.396 e. The molecular formula is C11H15BrN2O2. The molecule has 1 heterocycles. The zero-order valence-electron chi connectivity index (χ0n) is 8.95. The van der Waals surface area contributed by atoms with Crippen molar-refractivity contribution in [3.63, 3.8) is 0 Å². The number of halogens is 1. The highest BCUT2D eigenvalue weighted by atomic mass is 79.9. The number of rotatable bonds is 5. The average Bonchev–Trinajstić information content (AvgIpc) is 3.02. The number of nitrogens with one attached hydrogen (secondary N) is 1. The Labute approximate surface area is 103 Å². The van der Waals surface area contributed by atoms with E-state index in [-0.39, 0.29) is 12.5 Å². The summed E-state index contributed by atoms with van der Waals surface area (Å²) in [6.45, 7) is 0.621. The van der Waals surface area contributed by atoms with Gasteiger partial charge in [0.1, 0.15) is 5.69 Å². The van der Waals surface area contributed by atoms with Crippen LogP contribution in [0.1, 0.15) is 35.8 Å². The molecule has 0 radical (unpaired) electrons. The standard InChI is InChI=1S/C11H15BrN2O2/c12-8-6-10(11(16)13-4-1-5-15)14(7-8)9-2-3-9/h6-7,9,15H,1-5H2,(H,13,16). The van der Waals surface area contributed by atoms with Crippen molar-refractivity contribution in [2.24, 2.45) is 0 Å². The summed E-state index contributed by atoms with van der Waals surface area (Å²) in [7, 11) is 0. The summed E-state index contributed by atoms with van der Waals surface area (Å²) in [6.07, 6.45) is 4.85. The molecule has 2 rings (SSSR count). The van der Waals surface area contributed by atoms with E-state index in [1.165, 1.54) is 0 Å². The van der Waals surface area contributed by atoms with E-state index in [1.807, 2.05) is 16.8 Å². The van der Waals surface area contributed by atoms with Gasteiger partial charge in [0.05, 0.1) is 0 Å². The molecule has 2 N–H and O–H groups in total. The molecule has 1 aliphatic carbocycles. The second-order valence-electron chi connectivity index (χ2n) is 4.02. The van der Waals surface area contributed by atoms with Crippen molar-refractivity contribution in [3.05, 3.63) is 22.4 Å². The zero-order valence-corrected chi connectivity index (χ0v) is 10.5. The first-order valence-electron chi connectivity index (χ1n) is 5.49. The molecule has 1 aromatic rings. The maximum absolute atomic E-state index is 11.9. The molecule has 0 aromatic carbocycles. The number of aliphatic hydroxyl groups excluding tert-OH is 1. The van der Waals surface area contributed by atoms with E-state index < -0.39 is 0 Å². The quantitative estimate of drug-likeness (QED) is 0.810. The van der Waals surface area contributed by atoms with E-state index in [0.29, 0.717) is 24.7 Å². The molecule has 1 aliphatic rings. The van der Waals surface area contributed by atoms with Crippen molar-refractivity contribution in [3.8, 4) is 0 Å². The lowest BCUT2D eigenvalue weighted by molar-refractivity contribution is 0.0941. The molecule has 5 heteroatoms. The van der Waals surface area contributed by atoms with Gasteiger partial charge in [-0.05, 0) is 41.3 Å². The van der Waals surface area contributed by atoms with Gasteiger partial charge in [-0.2, -0.15) is 0 Å². The Kier molecular flexibility index (Phi) is 3.66. The smallest absolute Gasteiger partial charge is 0.267 e. The van der Waals surface area contributed by atoms with Gasteiger partial charge in [0.25, 0.3) is 5.91 Å². The summed E-state index contributed by atoms with van der Waals surface area (Å²) in [5, 5.41) is 11.4. The number of amides is 1. The first-order chi connectivity index (χ1) is 7.72. The number of aromatic nitrogens is 1. The first kappa shape index (κ1) is 11.7. The molecule has 1 saturated carbocycles. The van der Waals surface area contributed by atoms with Gasteiger partial charge in [-0.1, -0.05) is 0 Å². The maximum atomic E-state index is 11.9. The maximum Gasteiger partial charge on any atom is 0.267 e. The SMILES string of the molecule is O=C(NCCCO)c1cc(Br)cn1C1CC1. The van der Waals surface area contributed by atoms with Crippen LogP contribution in [0.4, 0.5) is 0 Å². The highest BCUT2D eigenvalue weighted by molar-refractivity contribution is 9.10. The van der Waals surface area contributed by atoms with Crippen molar-refractivity contribution in [1.29, 1.82) is 0 Å². The van der Waals surface area contributed by atoms with Crippen LogP contribution in [0.25, 0.3) is 0 Å². The van der Waals surface area contributed by atoms with E-state index in [9.17, 15) is 4.79 Å². The molecule has 0 bridgehead atoms. The molecule has 16 heavy (non-hydrogen) atoms. The lowest BCUT2D eigenvalue weighted by atomic mass is 10.3. The summed E-state index contributed by atoms with van der Waals surface area (Å²) in [4.78, 5) is 11.9. The molecule has 0 aliphatic heterocycles. The second kappa shape index (κ2) is 5.01. The molecule has 4 nitrogen and oxygen atoms in total. The number of hydrogen-bond acceptors (Lipinski definition) is 2. The average molecular weight is 287 g/mol. The molecule has 0 saturated heterocycles. The van der Waals surface area contributed by atoms with E-state index in [0.717, 1.165) is 17.3 Å². The van der Waals surface area contributed by atoms with Crippen LogP contribution in [-0.2, 0) is 0 Å². The lowest BCUT2D eigenvalue weighted by Crippen LogP contribution is -2.27. The molecule has 0 atom stereocenters. The minimum absolute atomic E-state index is 0.0638. The summed E-state index contributed by atoms with van der Waals surface area (Å²) in [6, 6.07) is 2.33. The van der Waals surface area contributed by atoms with Gasteiger partial charge >= 0.3 is 0 Å². The number of carbonyl (C=O) groups is 1. The predicted octanol–water partition coefficient (Wildman–Crippen LogP) is 1.70. The van der Waals surface area contributed by atoms with Crippen LogP contribution >= 0.6 is 15.9 Å². The van der Waals surface area contributed by atoms with Crippen LogP contribution in [0.3, 0.4) is 0 Å². The third-order valence-electron chi connectivity index (χ3n) is 2.61. The minimum atomic E-state index is -0.0638. The fourth-order valence-corrected chi connectivity index (χ4v) is 2.09. The van der Waals surface area contributed by atoms with Gasteiger partial charge in [0.15, 0.2) is 0 Å². The molecule has 1 fully saturated rings. The van der Waals surface area contributed by atoms with Gasteiger partial charge in [-0.3, -0.25) is 4.79 Å². The normalized spacial score (nSPS) is 15.1. The van der Waals surface area contributed by atoms with Crippen LogP contribution in [0.15, 0.2) is 16.7 Å². The molecule has 1 aromatic heterocycles. The third-order valence-corrected chi connectivity index (χ3v) is 3.04. The molecule has 0 unspecified atom stereocenters. The fraction of sp³-hybridized carbons (Fsp3) is 0.545. The van der Waals surface area contributed by atoms with Crippen LogP contribution in [0.5, 0.6) is 0 Å². The fourth-order valence-electron chi connectivity index (χ4n) is 1.65. The highest BCUT2D eigenvalue weighted by Gasteiger charge is 2.27. The second-order valence-corrected chi connectivity index (χ2v) is 4.93. The van der Waals surface area contributed by atoms with Gasteiger partial charge in [0, 0.05) is 29.9 Å². The summed E-state index contributed by atoms with van der Waals surface area (Å²) >= 11 is 3.39. The van der Waals surface area contributed by atoms with Crippen LogP contribution in [0.2, 0.25) is 0 Å². The Hall–Kier alpha value is -0.810. The van der Waals surface area contributed by atoms with E-state index in [1.54, 1.807) is 0 Å². The van der Waals surface area contributed by atoms with E-state index in [2.05, 4.69) is 21.2 Å². The van der Waals surface area contributed by atoms with Gasteiger partial charge in [-0.25, -0.2) is 0 Å². The molecule has 0 spiro atoms. The topological polar surface area (TPSA) is 54.3 Å². The van der Waals surface area contributed by atoms with Gasteiger partial charge < -0.3 is 15.0 Å². The van der Waals surface area contributed by atoms with Crippen LogP contribution < -0.4 is 5.32 Å². The van der Waals surface area contributed by atoms with Crippen molar-refractivity contribution < 1.29 is 9.90 Å². The third kappa shape index (κ3) is 2.65. The Morgan fingerprint density at radius 2 is 2.38 bits per heavy atom. The zero-order chi connectivity index (χ0) is 11.5. The Balaban J connectivity index is 2.03. The Morgan fingerprint density at radius 3 is 3.00 bits per heavy atom. The van der Waals surface area contributed by atoms with Gasteiger partial charge in [0.2, 0.25) is 0 Å².